The van der Waals surface area contributed by atoms with E-state index in [-0.39, 0.29) is 12.5 Å². The average Bonchev–Trinajstić information content (AvgIpc) is 2.53. The standard InChI is InChI=1S/C15H24N2O4/c1-4-6-15(11-16,7-5-2)14(19)17-8-9-21-10-12(17)13(18)20-3/h12H,4-10H2,1-3H3. The maximum absolute atomic E-state index is 12.9. The molecule has 0 saturated carbocycles. The highest BCUT2D eigenvalue weighted by atomic mass is 16.5. The fraction of sp³-hybridized carbons (Fsp3) is 0.800. The van der Waals surface area contributed by atoms with E-state index in [0.29, 0.717) is 26.0 Å². The summed E-state index contributed by atoms with van der Waals surface area (Å²) >= 11 is 0. The van der Waals surface area contributed by atoms with Crippen LogP contribution in [0.3, 0.4) is 0 Å². The van der Waals surface area contributed by atoms with Gasteiger partial charge in [0.05, 0.1) is 26.4 Å². The highest BCUT2D eigenvalue weighted by Gasteiger charge is 2.45. The molecule has 6 heteroatoms. The first-order valence-corrected chi connectivity index (χ1v) is 7.44. The van der Waals surface area contributed by atoms with E-state index >= 15 is 0 Å². The molecule has 1 unspecified atom stereocenters. The van der Waals surface area contributed by atoms with Crippen molar-refractivity contribution >= 4 is 11.9 Å². The number of nitrogens with zero attached hydrogens (tertiary/aromatic N) is 2. The number of carbonyl (C=O) groups excluding carboxylic acids is 2. The maximum Gasteiger partial charge on any atom is 0.331 e. The van der Waals surface area contributed by atoms with Gasteiger partial charge in [-0.1, -0.05) is 26.7 Å². The van der Waals surface area contributed by atoms with Crippen LogP contribution in [0.5, 0.6) is 0 Å². The average molecular weight is 296 g/mol. The summed E-state index contributed by atoms with van der Waals surface area (Å²) in [4.78, 5) is 26.2. The zero-order valence-corrected chi connectivity index (χ0v) is 13.1. The normalized spacial score (nSPS) is 19.0. The van der Waals surface area contributed by atoms with Crippen LogP contribution in [0, 0.1) is 16.7 Å². The second-order valence-corrected chi connectivity index (χ2v) is 5.31. The Balaban J connectivity index is 3.05. The van der Waals surface area contributed by atoms with Gasteiger partial charge in [0, 0.05) is 6.54 Å². The summed E-state index contributed by atoms with van der Waals surface area (Å²) in [5, 5.41) is 9.58. The lowest BCUT2D eigenvalue weighted by atomic mass is 9.79. The lowest BCUT2D eigenvalue weighted by Gasteiger charge is -2.38. The van der Waals surface area contributed by atoms with Gasteiger partial charge in [-0.05, 0) is 12.8 Å². The lowest BCUT2D eigenvalue weighted by Crippen LogP contribution is -2.57. The molecular formula is C15H24N2O4. The van der Waals surface area contributed by atoms with Crippen LogP contribution in [0.2, 0.25) is 0 Å². The van der Waals surface area contributed by atoms with Crippen LogP contribution in [0.25, 0.3) is 0 Å². The number of esters is 1. The second kappa shape index (κ2) is 7.99. The molecule has 0 aliphatic carbocycles. The fourth-order valence-corrected chi connectivity index (χ4v) is 2.81. The number of methoxy groups -OCH3 is 1. The lowest BCUT2D eigenvalue weighted by molar-refractivity contribution is -0.164. The molecule has 1 amide bonds. The van der Waals surface area contributed by atoms with Gasteiger partial charge in [0.1, 0.15) is 5.41 Å². The first-order valence-electron chi connectivity index (χ1n) is 7.44. The first-order chi connectivity index (χ1) is 10.1. The van der Waals surface area contributed by atoms with Crippen molar-refractivity contribution in [1.29, 1.82) is 5.26 Å². The van der Waals surface area contributed by atoms with Gasteiger partial charge in [0.2, 0.25) is 5.91 Å². The zero-order valence-electron chi connectivity index (χ0n) is 13.1. The van der Waals surface area contributed by atoms with Crippen LogP contribution in [0.1, 0.15) is 39.5 Å². The number of ether oxygens (including phenoxy) is 2. The third-order valence-corrected chi connectivity index (χ3v) is 3.84. The Morgan fingerprint density at radius 3 is 2.48 bits per heavy atom. The minimum absolute atomic E-state index is 0.123. The SMILES string of the molecule is CCCC(C#N)(CCC)C(=O)N1CCOCC1C(=O)OC. The van der Waals surface area contributed by atoms with Crippen molar-refractivity contribution in [1.82, 2.24) is 4.90 Å². The van der Waals surface area contributed by atoms with Crippen LogP contribution >= 0.6 is 0 Å². The molecule has 0 bridgehead atoms. The topological polar surface area (TPSA) is 79.6 Å². The van der Waals surface area contributed by atoms with E-state index in [9.17, 15) is 14.9 Å². The van der Waals surface area contributed by atoms with Gasteiger partial charge in [0.15, 0.2) is 6.04 Å². The number of nitriles is 1. The number of amides is 1. The summed E-state index contributed by atoms with van der Waals surface area (Å²) in [5.74, 6) is -0.768. The molecule has 0 spiro atoms. The Kier molecular flexibility index (Phi) is 6.63. The summed E-state index contributed by atoms with van der Waals surface area (Å²) in [6.45, 7) is 4.71. The summed E-state index contributed by atoms with van der Waals surface area (Å²) in [6.07, 6.45) is 2.49. The zero-order chi connectivity index (χ0) is 15.9. The van der Waals surface area contributed by atoms with Gasteiger partial charge in [-0.15, -0.1) is 0 Å². The molecule has 21 heavy (non-hydrogen) atoms. The van der Waals surface area contributed by atoms with Gasteiger partial charge >= 0.3 is 5.97 Å². The van der Waals surface area contributed by atoms with E-state index in [2.05, 4.69) is 6.07 Å². The Morgan fingerprint density at radius 1 is 1.38 bits per heavy atom. The van der Waals surface area contributed by atoms with Crippen molar-refractivity contribution in [2.75, 3.05) is 26.9 Å². The molecule has 6 nitrogen and oxygen atoms in total. The third-order valence-electron chi connectivity index (χ3n) is 3.84. The molecule has 1 rings (SSSR count). The number of morpholine rings is 1. The van der Waals surface area contributed by atoms with E-state index in [4.69, 9.17) is 9.47 Å². The van der Waals surface area contributed by atoms with E-state index in [1.807, 2.05) is 13.8 Å². The summed E-state index contributed by atoms with van der Waals surface area (Å²) < 4.78 is 10.0. The number of carbonyl (C=O) groups is 2. The Hall–Kier alpha value is -1.61. The molecule has 0 aromatic carbocycles. The molecule has 1 saturated heterocycles. The van der Waals surface area contributed by atoms with Crippen LogP contribution in [-0.4, -0.2) is 49.7 Å². The Labute approximate surface area is 126 Å². The molecule has 0 radical (unpaired) electrons. The van der Waals surface area contributed by atoms with Crippen molar-refractivity contribution in [2.45, 2.75) is 45.6 Å². The van der Waals surface area contributed by atoms with Crippen molar-refractivity contribution in [3.8, 4) is 6.07 Å². The largest absolute Gasteiger partial charge is 0.467 e. The molecular weight excluding hydrogens is 272 g/mol. The summed E-state index contributed by atoms with van der Waals surface area (Å²) in [5.41, 5.74) is -1.05. The molecule has 1 aliphatic rings. The molecule has 1 heterocycles. The van der Waals surface area contributed by atoms with E-state index < -0.39 is 17.4 Å². The summed E-state index contributed by atoms with van der Waals surface area (Å²) in [7, 11) is 1.29. The molecule has 1 fully saturated rings. The molecule has 1 aliphatic heterocycles. The molecule has 0 aromatic heterocycles. The Morgan fingerprint density at radius 2 is 2.00 bits per heavy atom. The monoisotopic (exact) mass is 296 g/mol. The van der Waals surface area contributed by atoms with Crippen LogP contribution in [-0.2, 0) is 19.1 Å². The predicted molar refractivity (Wildman–Crippen MR) is 76.2 cm³/mol. The summed E-state index contributed by atoms with van der Waals surface area (Å²) in [6, 6.07) is 1.46. The van der Waals surface area contributed by atoms with Gasteiger partial charge < -0.3 is 14.4 Å². The second-order valence-electron chi connectivity index (χ2n) is 5.31. The third kappa shape index (κ3) is 3.73. The smallest absolute Gasteiger partial charge is 0.331 e. The molecule has 0 N–H and O–H groups in total. The molecule has 0 aromatic rings. The van der Waals surface area contributed by atoms with Crippen molar-refractivity contribution in [2.24, 2.45) is 5.41 Å². The number of rotatable bonds is 6. The minimum atomic E-state index is -1.05. The first kappa shape index (κ1) is 17.4. The number of hydrogen-bond donors (Lipinski definition) is 0. The quantitative estimate of drug-likeness (QED) is 0.694. The minimum Gasteiger partial charge on any atom is -0.467 e. The van der Waals surface area contributed by atoms with E-state index in [1.54, 1.807) is 0 Å². The van der Waals surface area contributed by atoms with Crippen LogP contribution < -0.4 is 0 Å². The maximum atomic E-state index is 12.9. The predicted octanol–water partition coefficient (Wildman–Crippen LogP) is 1.50. The van der Waals surface area contributed by atoms with Gasteiger partial charge in [-0.25, -0.2) is 4.79 Å². The molecule has 118 valence electrons. The highest BCUT2D eigenvalue weighted by molar-refractivity contribution is 5.90. The molecule has 1 atom stereocenters. The van der Waals surface area contributed by atoms with Crippen molar-refractivity contribution in [3.05, 3.63) is 0 Å². The fourth-order valence-electron chi connectivity index (χ4n) is 2.81. The Bertz CT molecular complexity index is 410. The highest BCUT2D eigenvalue weighted by Crippen LogP contribution is 2.33. The van der Waals surface area contributed by atoms with E-state index in [1.165, 1.54) is 12.0 Å². The van der Waals surface area contributed by atoms with Crippen molar-refractivity contribution in [3.63, 3.8) is 0 Å². The van der Waals surface area contributed by atoms with Gasteiger partial charge in [0.25, 0.3) is 0 Å². The number of hydrogen-bond acceptors (Lipinski definition) is 5. The van der Waals surface area contributed by atoms with Crippen molar-refractivity contribution < 1.29 is 19.1 Å². The van der Waals surface area contributed by atoms with Crippen LogP contribution in [0.15, 0.2) is 0 Å². The van der Waals surface area contributed by atoms with Gasteiger partial charge in [-0.3, -0.25) is 4.79 Å². The van der Waals surface area contributed by atoms with E-state index in [0.717, 1.165) is 12.8 Å². The van der Waals surface area contributed by atoms with Crippen LogP contribution in [0.4, 0.5) is 0 Å². The van der Waals surface area contributed by atoms with Gasteiger partial charge in [-0.2, -0.15) is 5.26 Å².